The molecule has 9 nitrogen and oxygen atoms in total. The monoisotopic (exact) mass is 336 g/mol. The SMILES string of the molecule is CCOC(=O)CC(O)C(O)c1ccc2[nH]cc([N+](=O)[O-])c(=O)c2c1. The number of pyridine rings is 1. The minimum atomic E-state index is -1.45. The molecular weight excluding hydrogens is 320 g/mol. The molecule has 0 aliphatic heterocycles. The number of carbonyl (C=O) groups is 1. The summed E-state index contributed by atoms with van der Waals surface area (Å²) in [6.07, 6.45) is -2.30. The molecule has 0 radical (unpaired) electrons. The predicted molar refractivity (Wildman–Crippen MR) is 83.4 cm³/mol. The Balaban J connectivity index is 2.35. The van der Waals surface area contributed by atoms with E-state index in [9.17, 15) is 29.9 Å². The molecule has 0 spiro atoms. The third kappa shape index (κ3) is 3.58. The molecule has 0 aliphatic carbocycles. The lowest BCUT2D eigenvalue weighted by atomic mass is 10.00. The molecule has 0 saturated carbocycles. The average molecular weight is 336 g/mol. The maximum absolute atomic E-state index is 12.1. The summed E-state index contributed by atoms with van der Waals surface area (Å²) in [6.45, 7) is 1.76. The lowest BCUT2D eigenvalue weighted by molar-refractivity contribution is -0.386. The Bertz CT molecular complexity index is 830. The standard InChI is InChI=1S/C15H16N2O7/c1-2-24-13(19)6-12(18)14(20)8-3-4-10-9(5-8)15(21)11(7-16-10)17(22)23/h3-5,7,12,14,18,20H,2,6H2,1H3,(H,16,21). The zero-order valence-corrected chi connectivity index (χ0v) is 12.8. The van der Waals surface area contributed by atoms with Crippen molar-refractivity contribution in [2.75, 3.05) is 6.61 Å². The van der Waals surface area contributed by atoms with Crippen LogP contribution in [-0.2, 0) is 9.53 Å². The van der Waals surface area contributed by atoms with E-state index in [1.807, 2.05) is 0 Å². The van der Waals surface area contributed by atoms with Crippen LogP contribution in [0.1, 0.15) is 25.0 Å². The van der Waals surface area contributed by atoms with Gasteiger partial charge in [-0.25, -0.2) is 0 Å². The van der Waals surface area contributed by atoms with E-state index in [0.29, 0.717) is 5.52 Å². The van der Waals surface area contributed by atoms with E-state index in [0.717, 1.165) is 6.20 Å². The molecule has 128 valence electrons. The van der Waals surface area contributed by atoms with Gasteiger partial charge in [0.05, 0.1) is 35.6 Å². The van der Waals surface area contributed by atoms with E-state index in [1.54, 1.807) is 6.92 Å². The van der Waals surface area contributed by atoms with Gasteiger partial charge in [0.15, 0.2) is 0 Å². The van der Waals surface area contributed by atoms with E-state index in [2.05, 4.69) is 9.72 Å². The van der Waals surface area contributed by atoms with Crippen molar-refractivity contribution in [1.29, 1.82) is 0 Å². The number of hydrogen-bond acceptors (Lipinski definition) is 7. The summed E-state index contributed by atoms with van der Waals surface area (Å²) in [4.78, 5) is 36.1. The van der Waals surface area contributed by atoms with Crippen molar-refractivity contribution in [3.63, 3.8) is 0 Å². The number of benzene rings is 1. The second-order valence-electron chi connectivity index (χ2n) is 5.09. The topological polar surface area (TPSA) is 143 Å². The Morgan fingerprint density at radius 3 is 2.75 bits per heavy atom. The zero-order chi connectivity index (χ0) is 17.9. The van der Waals surface area contributed by atoms with Crippen LogP contribution in [0.3, 0.4) is 0 Å². The van der Waals surface area contributed by atoms with Gasteiger partial charge in [0.2, 0.25) is 0 Å². The van der Waals surface area contributed by atoms with Gasteiger partial charge in [-0.1, -0.05) is 6.07 Å². The van der Waals surface area contributed by atoms with Crippen molar-refractivity contribution in [2.24, 2.45) is 0 Å². The molecule has 1 aromatic carbocycles. The summed E-state index contributed by atoms with van der Waals surface area (Å²) in [5, 5.41) is 30.9. The summed E-state index contributed by atoms with van der Waals surface area (Å²) >= 11 is 0. The smallest absolute Gasteiger partial charge is 0.332 e. The highest BCUT2D eigenvalue weighted by molar-refractivity contribution is 5.81. The molecule has 0 aliphatic rings. The fourth-order valence-electron chi connectivity index (χ4n) is 2.27. The van der Waals surface area contributed by atoms with Crippen LogP contribution < -0.4 is 5.43 Å². The minimum absolute atomic E-state index is 0.00378. The molecule has 1 heterocycles. The van der Waals surface area contributed by atoms with Crippen LogP contribution >= 0.6 is 0 Å². The molecule has 0 amide bonds. The summed E-state index contributed by atoms with van der Waals surface area (Å²) in [5.74, 6) is -0.668. The van der Waals surface area contributed by atoms with Crippen LogP contribution in [0.2, 0.25) is 0 Å². The number of hydrogen-bond donors (Lipinski definition) is 3. The summed E-state index contributed by atoms with van der Waals surface area (Å²) in [6, 6.07) is 4.15. The first kappa shape index (κ1) is 17.6. The van der Waals surface area contributed by atoms with Gasteiger partial charge in [-0.2, -0.15) is 0 Å². The van der Waals surface area contributed by atoms with Crippen LogP contribution in [0.15, 0.2) is 29.2 Å². The quantitative estimate of drug-likeness (QED) is 0.402. The number of nitro groups is 1. The number of fused-ring (bicyclic) bond motifs is 1. The van der Waals surface area contributed by atoms with Gasteiger partial charge in [0, 0.05) is 5.52 Å². The van der Waals surface area contributed by atoms with Gasteiger partial charge < -0.3 is 19.9 Å². The third-order valence-electron chi connectivity index (χ3n) is 3.47. The van der Waals surface area contributed by atoms with Gasteiger partial charge in [-0.05, 0) is 24.6 Å². The van der Waals surface area contributed by atoms with E-state index in [-0.39, 0.29) is 17.6 Å². The predicted octanol–water partition coefficient (Wildman–Crippen LogP) is 0.784. The number of nitrogens with one attached hydrogen (secondary N) is 1. The highest BCUT2D eigenvalue weighted by atomic mass is 16.6. The number of aliphatic hydroxyl groups excluding tert-OH is 2. The Kier molecular flexibility index (Phi) is 5.27. The molecule has 2 aromatic rings. The highest BCUT2D eigenvalue weighted by Crippen LogP contribution is 2.23. The minimum Gasteiger partial charge on any atom is -0.466 e. The average Bonchev–Trinajstić information content (AvgIpc) is 2.54. The van der Waals surface area contributed by atoms with Crippen molar-refractivity contribution in [2.45, 2.75) is 25.6 Å². The van der Waals surface area contributed by atoms with Crippen molar-refractivity contribution < 1.29 is 24.7 Å². The van der Waals surface area contributed by atoms with E-state index in [4.69, 9.17) is 0 Å². The second kappa shape index (κ2) is 7.20. The van der Waals surface area contributed by atoms with Crippen LogP contribution in [-0.4, -0.2) is 38.8 Å². The molecule has 9 heteroatoms. The first-order valence-corrected chi connectivity index (χ1v) is 7.16. The number of aliphatic hydroxyl groups is 2. The Morgan fingerprint density at radius 1 is 1.42 bits per heavy atom. The van der Waals surface area contributed by atoms with E-state index in [1.165, 1.54) is 18.2 Å². The molecule has 24 heavy (non-hydrogen) atoms. The molecule has 2 unspecified atom stereocenters. The van der Waals surface area contributed by atoms with Crippen molar-refractivity contribution in [1.82, 2.24) is 4.98 Å². The molecule has 2 rings (SSSR count). The Hall–Kier alpha value is -2.78. The molecule has 0 bridgehead atoms. The molecule has 1 aromatic heterocycles. The van der Waals surface area contributed by atoms with Crippen LogP contribution in [0.5, 0.6) is 0 Å². The van der Waals surface area contributed by atoms with Gasteiger partial charge in [-0.3, -0.25) is 19.7 Å². The van der Waals surface area contributed by atoms with Crippen molar-refractivity contribution in [3.05, 3.63) is 50.3 Å². The number of esters is 1. The summed E-state index contributed by atoms with van der Waals surface area (Å²) in [7, 11) is 0. The number of ether oxygens (including phenoxy) is 1. The number of carbonyl (C=O) groups excluding carboxylic acids is 1. The Morgan fingerprint density at radius 2 is 2.12 bits per heavy atom. The fourth-order valence-corrected chi connectivity index (χ4v) is 2.27. The highest BCUT2D eigenvalue weighted by Gasteiger charge is 2.23. The Labute approximate surface area is 135 Å². The molecule has 2 atom stereocenters. The maximum Gasteiger partial charge on any atom is 0.332 e. The van der Waals surface area contributed by atoms with Gasteiger partial charge in [-0.15, -0.1) is 0 Å². The largest absolute Gasteiger partial charge is 0.466 e. The number of aromatic amines is 1. The van der Waals surface area contributed by atoms with Crippen LogP contribution in [0, 0.1) is 10.1 Å². The first-order chi connectivity index (χ1) is 11.3. The van der Waals surface area contributed by atoms with Crippen molar-refractivity contribution in [3.8, 4) is 0 Å². The van der Waals surface area contributed by atoms with E-state index >= 15 is 0 Å². The number of rotatable bonds is 6. The molecule has 0 saturated heterocycles. The van der Waals surface area contributed by atoms with Gasteiger partial charge in [0.1, 0.15) is 6.10 Å². The molecule has 3 N–H and O–H groups in total. The maximum atomic E-state index is 12.1. The van der Waals surface area contributed by atoms with Crippen molar-refractivity contribution >= 4 is 22.6 Å². The first-order valence-electron chi connectivity index (χ1n) is 7.16. The lowest BCUT2D eigenvalue weighted by Crippen LogP contribution is -2.23. The van der Waals surface area contributed by atoms with E-state index < -0.39 is 40.6 Å². The van der Waals surface area contributed by atoms with Gasteiger partial charge in [0.25, 0.3) is 5.43 Å². The summed E-state index contributed by atoms with van der Waals surface area (Å²) in [5.41, 5.74) is -0.921. The number of H-pyrrole nitrogens is 1. The fraction of sp³-hybridized carbons (Fsp3) is 0.333. The second-order valence-corrected chi connectivity index (χ2v) is 5.09. The summed E-state index contributed by atoms with van der Waals surface area (Å²) < 4.78 is 4.69. The number of nitrogens with zero attached hydrogens (tertiary/aromatic N) is 1. The third-order valence-corrected chi connectivity index (χ3v) is 3.47. The normalized spacial score (nSPS) is 13.5. The lowest BCUT2D eigenvalue weighted by Gasteiger charge is -2.17. The number of aromatic nitrogens is 1. The zero-order valence-electron chi connectivity index (χ0n) is 12.8. The molecule has 0 fully saturated rings. The molecular formula is C15H16N2O7. The van der Waals surface area contributed by atoms with Gasteiger partial charge >= 0.3 is 11.7 Å². The van der Waals surface area contributed by atoms with Crippen LogP contribution in [0.4, 0.5) is 5.69 Å². The van der Waals surface area contributed by atoms with Crippen LogP contribution in [0.25, 0.3) is 10.9 Å².